The molecule has 0 aliphatic rings. The van der Waals surface area contributed by atoms with Gasteiger partial charge in [-0.15, -0.1) is 0 Å². The van der Waals surface area contributed by atoms with Gasteiger partial charge in [0.15, 0.2) is 0 Å². The van der Waals surface area contributed by atoms with Crippen LogP contribution < -0.4 is 10.1 Å². The molecule has 0 spiro atoms. The van der Waals surface area contributed by atoms with Crippen LogP contribution in [0.2, 0.25) is 0 Å². The van der Waals surface area contributed by atoms with E-state index in [0.29, 0.717) is 27.9 Å². The van der Waals surface area contributed by atoms with Crippen LogP contribution in [0.25, 0.3) is 22.0 Å². The summed E-state index contributed by atoms with van der Waals surface area (Å²) in [5.74, 6) is 0.0271. The number of nitriles is 1. The Morgan fingerprint density at radius 1 is 1.27 bits per heavy atom. The number of rotatable bonds is 5. The maximum absolute atomic E-state index is 14.7. The number of hydrogen-bond donors (Lipinski definition) is 3. The second kappa shape index (κ2) is 7.68. The van der Waals surface area contributed by atoms with Crippen LogP contribution in [0.1, 0.15) is 16.7 Å². The van der Waals surface area contributed by atoms with E-state index in [2.05, 4.69) is 15.3 Å². The molecule has 0 aliphatic carbocycles. The van der Waals surface area contributed by atoms with Crippen LogP contribution >= 0.6 is 0 Å². The number of aromatic amines is 1. The number of pyridine rings is 1. The van der Waals surface area contributed by atoms with Crippen molar-refractivity contribution in [2.24, 2.45) is 0 Å². The van der Waals surface area contributed by atoms with Gasteiger partial charge in [-0.25, -0.2) is 4.39 Å². The molecule has 0 atom stereocenters. The average Bonchev–Trinajstić information content (AvgIpc) is 3.31. The Hall–Kier alpha value is -4.18. The fourth-order valence-electron chi connectivity index (χ4n) is 3.49. The molecule has 0 fully saturated rings. The molecule has 2 aromatic heterocycles. The zero-order valence-electron chi connectivity index (χ0n) is 16.4. The van der Waals surface area contributed by atoms with Gasteiger partial charge in [0.25, 0.3) is 0 Å². The minimum absolute atomic E-state index is 0.000995. The number of methoxy groups -OCH3 is 1. The van der Waals surface area contributed by atoms with Crippen molar-refractivity contribution in [1.29, 1.82) is 10.7 Å². The summed E-state index contributed by atoms with van der Waals surface area (Å²) < 4.78 is 20.2. The van der Waals surface area contributed by atoms with Crippen molar-refractivity contribution in [3.05, 3.63) is 77.5 Å². The normalized spacial score (nSPS) is 10.6. The lowest BCUT2D eigenvalue weighted by Crippen LogP contribution is -2.10. The van der Waals surface area contributed by atoms with Gasteiger partial charge in [0, 0.05) is 53.1 Å². The Morgan fingerprint density at radius 3 is 2.73 bits per heavy atom. The van der Waals surface area contributed by atoms with E-state index >= 15 is 0 Å². The molecule has 4 rings (SSSR count). The first-order valence-corrected chi connectivity index (χ1v) is 9.18. The van der Waals surface area contributed by atoms with Gasteiger partial charge in [-0.1, -0.05) is 0 Å². The first-order valence-electron chi connectivity index (χ1n) is 9.18. The maximum atomic E-state index is 14.7. The second-order valence-electron chi connectivity index (χ2n) is 6.65. The first kappa shape index (κ1) is 19.2. The number of aromatic nitrogens is 2. The predicted molar refractivity (Wildman–Crippen MR) is 115 cm³/mol. The molecule has 3 N–H and O–H groups in total. The number of benzene rings is 2. The van der Waals surface area contributed by atoms with Gasteiger partial charge in [0.2, 0.25) is 0 Å². The van der Waals surface area contributed by atoms with Crippen molar-refractivity contribution in [1.82, 2.24) is 9.97 Å². The smallest absolute Gasteiger partial charge is 0.133 e. The minimum atomic E-state index is -0.620. The summed E-state index contributed by atoms with van der Waals surface area (Å²) in [7, 11) is 3.32. The third-order valence-corrected chi connectivity index (χ3v) is 4.99. The standard InChI is InChI=1S/C23H18FN5O/c1-27-20-12-29-19-9-21(30-2)16(14-5-6-28-11-14)8-17(19)22(20)23(26)15-4-3-13(10-25)7-18(15)24/h3-9,11-12,26-28H,1-2H3. The third-order valence-electron chi connectivity index (χ3n) is 4.99. The summed E-state index contributed by atoms with van der Waals surface area (Å²) in [6.45, 7) is 0. The molecule has 0 radical (unpaired) electrons. The van der Waals surface area contributed by atoms with Crippen molar-refractivity contribution in [3.8, 4) is 22.9 Å². The lowest BCUT2D eigenvalue weighted by molar-refractivity contribution is 0.417. The highest BCUT2D eigenvalue weighted by Crippen LogP contribution is 2.37. The second-order valence-corrected chi connectivity index (χ2v) is 6.65. The molecule has 0 amide bonds. The molecule has 2 heterocycles. The number of nitrogens with zero attached hydrogens (tertiary/aromatic N) is 2. The molecule has 7 heteroatoms. The van der Waals surface area contributed by atoms with E-state index in [0.717, 1.165) is 17.2 Å². The van der Waals surface area contributed by atoms with Crippen LogP contribution in [-0.4, -0.2) is 29.8 Å². The van der Waals surface area contributed by atoms with Crippen molar-refractivity contribution in [2.45, 2.75) is 0 Å². The summed E-state index contributed by atoms with van der Waals surface area (Å²) in [5, 5.41) is 21.5. The fraction of sp³-hybridized carbons (Fsp3) is 0.0870. The Labute approximate surface area is 172 Å². The van der Waals surface area contributed by atoms with E-state index in [1.807, 2.05) is 36.7 Å². The minimum Gasteiger partial charge on any atom is -0.496 e. The van der Waals surface area contributed by atoms with E-state index in [9.17, 15) is 4.39 Å². The van der Waals surface area contributed by atoms with Crippen LogP contribution in [0.5, 0.6) is 5.75 Å². The summed E-state index contributed by atoms with van der Waals surface area (Å²) in [4.78, 5) is 7.52. The molecular weight excluding hydrogens is 381 g/mol. The molecule has 30 heavy (non-hydrogen) atoms. The SMILES string of the molecule is CNc1cnc2cc(OC)c(-c3cc[nH]c3)cc2c1C(=N)c1ccc(C#N)cc1F. The highest BCUT2D eigenvalue weighted by Gasteiger charge is 2.20. The van der Waals surface area contributed by atoms with Crippen LogP contribution in [0, 0.1) is 22.6 Å². The first-order chi connectivity index (χ1) is 14.6. The van der Waals surface area contributed by atoms with Crippen molar-refractivity contribution in [2.75, 3.05) is 19.5 Å². The van der Waals surface area contributed by atoms with E-state index in [1.54, 1.807) is 20.4 Å². The monoisotopic (exact) mass is 399 g/mol. The molecule has 0 unspecified atom stereocenters. The molecule has 4 aromatic rings. The maximum Gasteiger partial charge on any atom is 0.133 e. The van der Waals surface area contributed by atoms with E-state index < -0.39 is 5.82 Å². The highest BCUT2D eigenvalue weighted by atomic mass is 19.1. The topological polar surface area (TPSA) is 97.6 Å². The van der Waals surface area contributed by atoms with Crippen LogP contribution in [-0.2, 0) is 0 Å². The quantitative estimate of drug-likeness (QED) is 0.424. The lowest BCUT2D eigenvalue weighted by Gasteiger charge is -2.16. The van der Waals surface area contributed by atoms with Gasteiger partial charge in [0.1, 0.15) is 11.6 Å². The number of ether oxygens (including phenoxy) is 1. The molecule has 0 saturated heterocycles. The number of halogens is 1. The van der Waals surface area contributed by atoms with Gasteiger partial charge in [-0.05, 0) is 30.3 Å². The van der Waals surface area contributed by atoms with E-state index in [4.69, 9.17) is 15.4 Å². The van der Waals surface area contributed by atoms with Gasteiger partial charge >= 0.3 is 0 Å². The zero-order chi connectivity index (χ0) is 21.3. The molecule has 2 aromatic carbocycles. The Morgan fingerprint density at radius 2 is 2.10 bits per heavy atom. The molecule has 0 bridgehead atoms. The zero-order valence-corrected chi connectivity index (χ0v) is 16.4. The van der Waals surface area contributed by atoms with Crippen molar-refractivity contribution in [3.63, 3.8) is 0 Å². The lowest BCUT2D eigenvalue weighted by atomic mass is 9.94. The summed E-state index contributed by atoms with van der Waals surface area (Å²) in [6, 6.07) is 11.6. The number of nitrogens with one attached hydrogen (secondary N) is 3. The van der Waals surface area contributed by atoms with Gasteiger partial charge < -0.3 is 15.0 Å². The summed E-state index contributed by atoms with van der Waals surface area (Å²) >= 11 is 0. The van der Waals surface area contributed by atoms with E-state index in [-0.39, 0.29) is 16.8 Å². The molecular formula is C23H18FN5O. The fourth-order valence-corrected chi connectivity index (χ4v) is 3.49. The summed E-state index contributed by atoms with van der Waals surface area (Å²) in [6.07, 6.45) is 5.28. The van der Waals surface area contributed by atoms with Crippen LogP contribution in [0.3, 0.4) is 0 Å². The number of hydrogen-bond acceptors (Lipinski definition) is 5. The van der Waals surface area contributed by atoms with Gasteiger partial charge in [-0.3, -0.25) is 10.4 Å². The largest absolute Gasteiger partial charge is 0.496 e. The number of anilines is 1. The van der Waals surface area contributed by atoms with Crippen LogP contribution in [0.15, 0.2) is 55.0 Å². The number of H-pyrrole nitrogens is 1. The van der Waals surface area contributed by atoms with Gasteiger partial charge in [-0.2, -0.15) is 5.26 Å². The molecule has 148 valence electrons. The number of fused-ring (bicyclic) bond motifs is 1. The van der Waals surface area contributed by atoms with Gasteiger partial charge in [0.05, 0.1) is 41.9 Å². The summed E-state index contributed by atoms with van der Waals surface area (Å²) in [5.41, 5.74) is 3.81. The van der Waals surface area contributed by atoms with Crippen LogP contribution in [0.4, 0.5) is 10.1 Å². The van der Waals surface area contributed by atoms with Crippen molar-refractivity contribution >= 4 is 22.3 Å². The average molecular weight is 399 g/mol. The Kier molecular flexibility index (Phi) is 4.90. The molecule has 0 aliphatic heterocycles. The van der Waals surface area contributed by atoms with E-state index in [1.165, 1.54) is 12.1 Å². The Bertz CT molecular complexity index is 1310. The van der Waals surface area contributed by atoms with Crippen molar-refractivity contribution < 1.29 is 9.13 Å². The Balaban J connectivity index is 1.99. The third kappa shape index (κ3) is 3.14. The molecule has 0 saturated carbocycles. The highest BCUT2D eigenvalue weighted by molar-refractivity contribution is 6.21. The predicted octanol–water partition coefficient (Wildman–Crippen LogP) is 4.71. The molecule has 6 nitrogen and oxygen atoms in total.